The number of benzene rings is 1. The number of pyridine rings is 1. The van der Waals surface area contributed by atoms with E-state index in [0.29, 0.717) is 11.7 Å². The topological polar surface area (TPSA) is 59.4 Å². The smallest absolute Gasteiger partial charge is 0.341 e. The van der Waals surface area contributed by atoms with Crippen molar-refractivity contribution >= 4 is 5.97 Å². The summed E-state index contributed by atoms with van der Waals surface area (Å²) in [6.45, 7) is 4.17. The number of ether oxygens (including phenoxy) is 1. The molecule has 1 aromatic carbocycles. The van der Waals surface area contributed by atoms with Crippen LogP contribution in [0.4, 0.5) is 0 Å². The molecule has 19 heavy (non-hydrogen) atoms. The van der Waals surface area contributed by atoms with Crippen LogP contribution in [0.2, 0.25) is 0 Å². The zero-order valence-corrected chi connectivity index (χ0v) is 10.8. The highest BCUT2D eigenvalue weighted by atomic mass is 16.5. The van der Waals surface area contributed by atoms with Crippen molar-refractivity contribution in [3.63, 3.8) is 0 Å². The van der Waals surface area contributed by atoms with E-state index in [0.717, 1.165) is 5.56 Å². The Morgan fingerprint density at radius 1 is 1.26 bits per heavy atom. The molecule has 2 rings (SSSR count). The van der Waals surface area contributed by atoms with E-state index >= 15 is 0 Å². The van der Waals surface area contributed by atoms with Crippen LogP contribution in [0.1, 0.15) is 35.7 Å². The summed E-state index contributed by atoms with van der Waals surface area (Å²) in [5.41, 5.74) is 1.18. The van der Waals surface area contributed by atoms with Gasteiger partial charge >= 0.3 is 5.97 Å². The van der Waals surface area contributed by atoms with E-state index in [9.17, 15) is 4.79 Å². The zero-order valence-electron chi connectivity index (χ0n) is 10.8. The third-order valence-corrected chi connectivity index (χ3v) is 2.74. The molecule has 0 bridgehead atoms. The number of carboxylic acid groups (broad SMARTS) is 1. The number of rotatable bonds is 4. The standard InChI is InChI=1S/C15H15NO3/c1-10(2)11-5-3-6-12(9-11)19-14-13(15(17)18)7-4-8-16-14/h3-10H,1-2H3,(H,17,18). The lowest BCUT2D eigenvalue weighted by Crippen LogP contribution is -2.01. The second-order valence-corrected chi connectivity index (χ2v) is 4.49. The largest absolute Gasteiger partial charge is 0.477 e. The van der Waals surface area contributed by atoms with Gasteiger partial charge in [-0.25, -0.2) is 9.78 Å². The van der Waals surface area contributed by atoms with E-state index in [1.165, 1.54) is 12.3 Å². The molecular formula is C15H15NO3. The highest BCUT2D eigenvalue weighted by molar-refractivity contribution is 5.90. The van der Waals surface area contributed by atoms with Gasteiger partial charge in [-0.15, -0.1) is 0 Å². The minimum Gasteiger partial charge on any atom is -0.477 e. The zero-order chi connectivity index (χ0) is 13.8. The highest BCUT2D eigenvalue weighted by Crippen LogP contribution is 2.26. The normalized spacial score (nSPS) is 10.5. The molecule has 0 aliphatic carbocycles. The van der Waals surface area contributed by atoms with Gasteiger partial charge in [0.05, 0.1) is 0 Å². The van der Waals surface area contributed by atoms with Crippen LogP contribution in [0.5, 0.6) is 11.6 Å². The lowest BCUT2D eigenvalue weighted by atomic mass is 10.0. The fraction of sp³-hybridized carbons (Fsp3) is 0.200. The number of hydrogen-bond donors (Lipinski definition) is 1. The van der Waals surface area contributed by atoms with Crippen molar-refractivity contribution in [2.75, 3.05) is 0 Å². The monoisotopic (exact) mass is 257 g/mol. The Hall–Kier alpha value is -2.36. The Balaban J connectivity index is 2.31. The van der Waals surface area contributed by atoms with E-state index in [1.54, 1.807) is 12.1 Å². The molecule has 1 heterocycles. The fourth-order valence-corrected chi connectivity index (χ4v) is 1.68. The first kappa shape index (κ1) is 13.1. The summed E-state index contributed by atoms with van der Waals surface area (Å²) in [6, 6.07) is 10.6. The van der Waals surface area contributed by atoms with Gasteiger partial charge in [0.2, 0.25) is 5.88 Å². The molecular weight excluding hydrogens is 242 g/mol. The van der Waals surface area contributed by atoms with E-state index in [-0.39, 0.29) is 11.4 Å². The average molecular weight is 257 g/mol. The molecule has 0 spiro atoms. The molecule has 0 saturated heterocycles. The SMILES string of the molecule is CC(C)c1cccc(Oc2ncccc2C(=O)O)c1. The van der Waals surface area contributed by atoms with Crippen molar-refractivity contribution in [1.82, 2.24) is 4.98 Å². The third-order valence-electron chi connectivity index (χ3n) is 2.74. The number of carboxylic acids is 1. The van der Waals surface area contributed by atoms with Crippen LogP contribution in [0, 0.1) is 0 Å². The van der Waals surface area contributed by atoms with E-state index in [4.69, 9.17) is 9.84 Å². The highest BCUT2D eigenvalue weighted by Gasteiger charge is 2.13. The maximum Gasteiger partial charge on any atom is 0.341 e. The summed E-state index contributed by atoms with van der Waals surface area (Å²) < 4.78 is 5.57. The average Bonchev–Trinajstić information content (AvgIpc) is 2.39. The minimum absolute atomic E-state index is 0.0532. The van der Waals surface area contributed by atoms with E-state index in [2.05, 4.69) is 18.8 Å². The van der Waals surface area contributed by atoms with Crippen molar-refractivity contribution in [3.8, 4) is 11.6 Å². The molecule has 0 aliphatic heterocycles. The van der Waals surface area contributed by atoms with Gasteiger partial charge in [-0.2, -0.15) is 0 Å². The van der Waals surface area contributed by atoms with Gasteiger partial charge in [0, 0.05) is 6.20 Å². The number of nitrogens with zero attached hydrogens (tertiary/aromatic N) is 1. The Labute approximate surface area is 111 Å². The van der Waals surface area contributed by atoms with E-state index < -0.39 is 5.97 Å². The molecule has 4 nitrogen and oxygen atoms in total. The Kier molecular flexibility index (Phi) is 3.80. The van der Waals surface area contributed by atoms with Gasteiger partial charge < -0.3 is 9.84 Å². The maximum atomic E-state index is 11.1. The number of carbonyl (C=O) groups is 1. The molecule has 98 valence electrons. The molecule has 0 radical (unpaired) electrons. The van der Waals surface area contributed by atoms with Crippen molar-refractivity contribution in [1.29, 1.82) is 0 Å². The van der Waals surface area contributed by atoms with Gasteiger partial charge in [-0.1, -0.05) is 26.0 Å². The van der Waals surface area contributed by atoms with Gasteiger partial charge in [-0.3, -0.25) is 0 Å². The Bertz CT molecular complexity index is 593. The second-order valence-electron chi connectivity index (χ2n) is 4.49. The predicted molar refractivity (Wildman–Crippen MR) is 71.8 cm³/mol. The van der Waals surface area contributed by atoms with Crippen molar-refractivity contribution in [3.05, 3.63) is 53.7 Å². The van der Waals surface area contributed by atoms with Crippen molar-refractivity contribution < 1.29 is 14.6 Å². The Morgan fingerprint density at radius 3 is 2.74 bits per heavy atom. The van der Waals surface area contributed by atoms with Gasteiger partial charge in [0.1, 0.15) is 11.3 Å². The molecule has 0 amide bonds. The number of aromatic carboxylic acids is 1. The van der Waals surface area contributed by atoms with Crippen LogP contribution in [0.15, 0.2) is 42.6 Å². The van der Waals surface area contributed by atoms with Crippen LogP contribution >= 0.6 is 0 Å². The van der Waals surface area contributed by atoms with E-state index in [1.807, 2.05) is 18.2 Å². The number of aromatic nitrogens is 1. The molecule has 0 aliphatic rings. The van der Waals surface area contributed by atoms with Crippen LogP contribution < -0.4 is 4.74 Å². The molecule has 2 aromatic rings. The molecule has 4 heteroatoms. The second kappa shape index (κ2) is 5.52. The van der Waals surface area contributed by atoms with Gasteiger partial charge in [-0.05, 0) is 35.7 Å². The van der Waals surface area contributed by atoms with Gasteiger partial charge in [0.25, 0.3) is 0 Å². The summed E-state index contributed by atoms with van der Waals surface area (Å²) in [5.74, 6) is 0.0256. The molecule has 0 unspecified atom stereocenters. The first-order valence-electron chi connectivity index (χ1n) is 6.04. The third kappa shape index (κ3) is 3.10. The van der Waals surface area contributed by atoms with Crippen LogP contribution in [-0.2, 0) is 0 Å². The fourth-order valence-electron chi connectivity index (χ4n) is 1.68. The summed E-state index contributed by atoms with van der Waals surface area (Å²) in [4.78, 5) is 15.0. The van der Waals surface area contributed by atoms with Crippen LogP contribution in [0.25, 0.3) is 0 Å². The van der Waals surface area contributed by atoms with Crippen molar-refractivity contribution in [2.45, 2.75) is 19.8 Å². The molecule has 1 aromatic heterocycles. The minimum atomic E-state index is -1.05. The first-order valence-corrected chi connectivity index (χ1v) is 6.04. The number of hydrogen-bond acceptors (Lipinski definition) is 3. The van der Waals surface area contributed by atoms with Crippen LogP contribution in [-0.4, -0.2) is 16.1 Å². The molecule has 0 saturated carbocycles. The molecule has 1 N–H and O–H groups in total. The quantitative estimate of drug-likeness (QED) is 0.907. The van der Waals surface area contributed by atoms with Gasteiger partial charge in [0.15, 0.2) is 0 Å². The van der Waals surface area contributed by atoms with Crippen LogP contribution in [0.3, 0.4) is 0 Å². The predicted octanol–water partition coefficient (Wildman–Crippen LogP) is 3.70. The summed E-state index contributed by atoms with van der Waals surface area (Å²) in [7, 11) is 0. The Morgan fingerprint density at radius 2 is 2.05 bits per heavy atom. The summed E-state index contributed by atoms with van der Waals surface area (Å²) in [5, 5.41) is 9.07. The lowest BCUT2D eigenvalue weighted by Gasteiger charge is -2.10. The summed E-state index contributed by atoms with van der Waals surface area (Å²) >= 11 is 0. The van der Waals surface area contributed by atoms with Crippen molar-refractivity contribution in [2.24, 2.45) is 0 Å². The summed E-state index contributed by atoms with van der Waals surface area (Å²) in [6.07, 6.45) is 1.51. The molecule has 0 fully saturated rings. The molecule has 0 atom stereocenters. The lowest BCUT2D eigenvalue weighted by molar-refractivity contribution is 0.0693. The first-order chi connectivity index (χ1) is 9.08. The maximum absolute atomic E-state index is 11.1.